The van der Waals surface area contributed by atoms with Gasteiger partial charge in [0.25, 0.3) is 0 Å². The lowest BCUT2D eigenvalue weighted by Crippen LogP contribution is -2.26. The number of nitrogens with one attached hydrogen (secondary N) is 1. The Bertz CT molecular complexity index is 878. The van der Waals surface area contributed by atoms with Gasteiger partial charge in [-0.15, -0.1) is 11.8 Å². The van der Waals surface area contributed by atoms with Gasteiger partial charge in [0.2, 0.25) is 0 Å². The van der Waals surface area contributed by atoms with E-state index in [1.165, 1.54) is 0 Å². The van der Waals surface area contributed by atoms with Crippen LogP contribution in [0.3, 0.4) is 0 Å². The lowest BCUT2D eigenvalue weighted by molar-refractivity contribution is -0.143. The van der Waals surface area contributed by atoms with Gasteiger partial charge in [0.1, 0.15) is 11.4 Å². The molecule has 31 heavy (non-hydrogen) atoms. The Morgan fingerprint density at radius 2 is 1.94 bits per heavy atom. The molecule has 1 heterocycles. The molecule has 5 nitrogen and oxygen atoms in total. The molecule has 0 spiro atoms. The maximum Gasteiger partial charge on any atom is 0.305 e. The summed E-state index contributed by atoms with van der Waals surface area (Å²) in [5, 5.41) is 3.71. The molecule has 2 aromatic rings. The molecule has 0 aromatic heterocycles. The van der Waals surface area contributed by atoms with Crippen molar-refractivity contribution in [1.82, 2.24) is 5.32 Å². The Balaban J connectivity index is 1.69. The highest BCUT2D eigenvalue weighted by Crippen LogP contribution is 2.41. The molecular weight excluding hydrogens is 428 g/mol. The summed E-state index contributed by atoms with van der Waals surface area (Å²) in [5.41, 5.74) is 3.22. The first kappa shape index (κ1) is 24.0. The van der Waals surface area contributed by atoms with Gasteiger partial charge in [-0.2, -0.15) is 4.31 Å². The normalized spacial score (nSPS) is 17.6. The smallest absolute Gasteiger partial charge is 0.305 e. The van der Waals surface area contributed by atoms with E-state index in [4.69, 9.17) is 4.74 Å². The second-order valence-corrected chi connectivity index (χ2v) is 9.93. The third-order valence-corrected chi connectivity index (χ3v) is 7.67. The van der Waals surface area contributed by atoms with Crippen LogP contribution < -0.4 is 9.62 Å². The van der Waals surface area contributed by atoms with Gasteiger partial charge >= 0.3 is 5.97 Å². The van der Waals surface area contributed by atoms with E-state index in [9.17, 15) is 9.35 Å². The Hall–Kier alpha value is -1.67. The van der Waals surface area contributed by atoms with Crippen LogP contribution >= 0.6 is 11.8 Å². The van der Waals surface area contributed by atoms with E-state index in [0.717, 1.165) is 58.8 Å². The van der Waals surface area contributed by atoms with Crippen molar-refractivity contribution in [2.75, 3.05) is 30.8 Å². The number of esters is 1. The number of fused-ring (bicyclic) bond motifs is 2. The summed E-state index contributed by atoms with van der Waals surface area (Å²) >= 11 is 0.411. The zero-order valence-electron chi connectivity index (χ0n) is 18.6. The predicted octanol–water partition coefficient (Wildman–Crippen LogP) is 5.07. The number of rotatable bonds is 10. The van der Waals surface area contributed by atoms with Crippen molar-refractivity contribution in [2.24, 2.45) is 0 Å². The highest BCUT2D eigenvalue weighted by molar-refractivity contribution is 7.98. The fraction of sp³-hybridized carbons (Fsp3) is 0.458. The standard InChI is InChI=1S/C24H32N2O3S2/c1-4-29-23(27)13-7-5-6-10-16-25-24-19-11-8-9-12-21(19)26(2)31(28)22-17-18(30-3)14-15-20(22)24/h8-9,11-12,14-15,17,24-25H,4-7,10,13,16H2,1-3H3. The van der Waals surface area contributed by atoms with Crippen LogP contribution in [0.4, 0.5) is 5.69 Å². The van der Waals surface area contributed by atoms with Crippen molar-refractivity contribution in [3.05, 3.63) is 53.6 Å². The van der Waals surface area contributed by atoms with Crippen LogP contribution in [-0.2, 0) is 20.9 Å². The van der Waals surface area contributed by atoms with Crippen molar-refractivity contribution in [2.45, 2.75) is 54.9 Å². The molecule has 0 radical (unpaired) electrons. The van der Waals surface area contributed by atoms with Crippen LogP contribution in [-0.4, -0.2) is 37.0 Å². The maximum absolute atomic E-state index is 13.3. The Morgan fingerprint density at radius 3 is 2.71 bits per heavy atom. The molecule has 0 saturated carbocycles. The third kappa shape index (κ3) is 5.98. The molecule has 2 atom stereocenters. The second-order valence-electron chi connectivity index (χ2n) is 7.57. The zero-order valence-corrected chi connectivity index (χ0v) is 20.2. The summed E-state index contributed by atoms with van der Waals surface area (Å²) in [6.07, 6.45) is 6.51. The average Bonchev–Trinajstić information content (AvgIpc) is 2.87. The number of hydrogen-bond acceptors (Lipinski definition) is 6. The fourth-order valence-corrected chi connectivity index (χ4v) is 5.67. The quantitative estimate of drug-likeness (QED) is 0.231. The maximum atomic E-state index is 13.3. The van der Waals surface area contributed by atoms with Gasteiger partial charge < -0.3 is 14.6 Å². The number of carbonyl (C=O) groups is 1. The largest absolute Gasteiger partial charge is 0.588 e. The van der Waals surface area contributed by atoms with Crippen molar-refractivity contribution in [1.29, 1.82) is 0 Å². The molecule has 3 rings (SSSR count). The first-order valence-electron chi connectivity index (χ1n) is 10.9. The second kappa shape index (κ2) is 11.8. The number of benzene rings is 2. The summed E-state index contributed by atoms with van der Waals surface area (Å²) in [6, 6.07) is 14.5. The van der Waals surface area contributed by atoms with Crippen LogP contribution in [0.5, 0.6) is 0 Å². The molecule has 2 aromatic carbocycles. The molecule has 0 fully saturated rings. The number of nitrogens with zero attached hydrogens (tertiary/aromatic N) is 1. The van der Waals surface area contributed by atoms with Gasteiger partial charge in [-0.25, -0.2) is 0 Å². The fourth-order valence-electron chi connectivity index (χ4n) is 3.90. The van der Waals surface area contributed by atoms with Crippen molar-refractivity contribution in [3.8, 4) is 0 Å². The number of ether oxygens (including phenoxy) is 1. The van der Waals surface area contributed by atoms with E-state index in [0.29, 0.717) is 13.0 Å². The zero-order chi connectivity index (χ0) is 22.2. The van der Waals surface area contributed by atoms with Crippen LogP contribution in [0.15, 0.2) is 52.3 Å². The Labute approximate surface area is 193 Å². The number of anilines is 1. The molecule has 0 bridgehead atoms. The first-order valence-corrected chi connectivity index (χ1v) is 13.2. The molecule has 2 unspecified atom stereocenters. The van der Waals surface area contributed by atoms with Crippen LogP contribution in [0.2, 0.25) is 0 Å². The Kier molecular flexibility index (Phi) is 9.14. The van der Waals surface area contributed by atoms with Gasteiger partial charge in [-0.1, -0.05) is 37.1 Å². The van der Waals surface area contributed by atoms with Crippen LogP contribution in [0.25, 0.3) is 0 Å². The molecule has 1 aliphatic heterocycles. The summed E-state index contributed by atoms with van der Waals surface area (Å²) in [5.74, 6) is -0.103. The lowest BCUT2D eigenvalue weighted by atomic mass is 9.96. The number of hydrogen-bond donors (Lipinski definition) is 1. The van der Waals surface area contributed by atoms with Crippen LogP contribution in [0, 0.1) is 0 Å². The van der Waals surface area contributed by atoms with E-state index in [1.54, 1.807) is 11.8 Å². The highest BCUT2D eigenvalue weighted by atomic mass is 32.2. The van der Waals surface area contributed by atoms with E-state index in [-0.39, 0.29) is 12.0 Å². The molecular formula is C24H32N2O3S2. The monoisotopic (exact) mass is 460 g/mol. The summed E-state index contributed by atoms with van der Waals surface area (Å²) in [6.45, 7) is 3.15. The lowest BCUT2D eigenvalue weighted by Gasteiger charge is -2.21. The minimum atomic E-state index is -1.25. The SMILES string of the molecule is CCOC(=O)CCCCCCNC1c2ccccc2N(C)[S+]([O-])c2cc(SC)ccc21. The number of para-hydroxylation sites is 1. The van der Waals surface area contributed by atoms with Crippen LogP contribution in [0.1, 0.15) is 56.2 Å². The molecule has 168 valence electrons. The molecule has 0 amide bonds. The number of unbranched alkanes of at least 4 members (excludes halogenated alkanes) is 3. The first-order chi connectivity index (χ1) is 15.1. The molecule has 0 saturated heterocycles. The van der Waals surface area contributed by atoms with Gasteiger partial charge in [-0.05, 0) is 44.7 Å². The minimum absolute atomic E-state index is 0.00413. The third-order valence-electron chi connectivity index (χ3n) is 5.52. The topological polar surface area (TPSA) is 64.6 Å². The highest BCUT2D eigenvalue weighted by Gasteiger charge is 2.34. The van der Waals surface area contributed by atoms with Gasteiger partial charge in [0.05, 0.1) is 25.4 Å². The van der Waals surface area contributed by atoms with E-state index < -0.39 is 11.4 Å². The molecule has 1 aliphatic rings. The summed E-state index contributed by atoms with van der Waals surface area (Å²) < 4.78 is 20.2. The number of thioether (sulfide) groups is 1. The summed E-state index contributed by atoms with van der Waals surface area (Å²) in [7, 11) is 1.90. The summed E-state index contributed by atoms with van der Waals surface area (Å²) in [4.78, 5) is 13.4. The van der Waals surface area contributed by atoms with E-state index >= 15 is 0 Å². The predicted molar refractivity (Wildman–Crippen MR) is 129 cm³/mol. The minimum Gasteiger partial charge on any atom is -0.588 e. The van der Waals surface area contributed by atoms with Gasteiger partial charge in [0, 0.05) is 28.5 Å². The van der Waals surface area contributed by atoms with Gasteiger partial charge in [-0.3, -0.25) is 4.79 Å². The number of carbonyl (C=O) groups excluding carboxylic acids is 1. The van der Waals surface area contributed by atoms with Crippen molar-refractivity contribution < 1.29 is 14.1 Å². The van der Waals surface area contributed by atoms with Gasteiger partial charge in [0.15, 0.2) is 4.90 Å². The average molecular weight is 461 g/mol. The molecule has 7 heteroatoms. The molecule has 1 N–H and O–H groups in total. The van der Waals surface area contributed by atoms with E-state index in [1.807, 2.05) is 42.7 Å². The molecule has 0 aliphatic carbocycles. The van der Waals surface area contributed by atoms with Crippen molar-refractivity contribution in [3.63, 3.8) is 0 Å². The van der Waals surface area contributed by atoms with E-state index in [2.05, 4.69) is 29.6 Å². The van der Waals surface area contributed by atoms with Crippen molar-refractivity contribution >= 4 is 34.8 Å². The Morgan fingerprint density at radius 1 is 1.16 bits per heavy atom.